The van der Waals surface area contributed by atoms with Crippen molar-refractivity contribution < 1.29 is 0 Å². The van der Waals surface area contributed by atoms with Crippen molar-refractivity contribution in [3.05, 3.63) is 50.5 Å². The summed E-state index contributed by atoms with van der Waals surface area (Å²) in [6.07, 6.45) is 1.80. The summed E-state index contributed by atoms with van der Waals surface area (Å²) in [6.45, 7) is 4.11. The van der Waals surface area contributed by atoms with E-state index >= 15 is 0 Å². The molecule has 0 saturated carbocycles. The lowest BCUT2D eigenvalue weighted by Gasteiger charge is -2.10. The van der Waals surface area contributed by atoms with E-state index in [-0.39, 0.29) is 0 Å². The van der Waals surface area contributed by atoms with Gasteiger partial charge in [0.05, 0.1) is 4.47 Å². The molecular weight excluding hydrogens is 344 g/mol. The highest BCUT2D eigenvalue weighted by Gasteiger charge is 2.04. The van der Waals surface area contributed by atoms with Crippen LogP contribution in [0.3, 0.4) is 0 Å². The molecule has 0 radical (unpaired) electrons. The molecule has 1 heterocycles. The number of hydrogen-bond acceptors (Lipinski definition) is 2. The molecule has 0 atom stereocenters. The number of rotatable bonds is 2. The smallest absolute Gasteiger partial charge is 0.144 e. The standard InChI is InChI=1S/C13H12Br2N2/c1-8-5-10(14)7-11(6-8)17-13-12(15)9(2)3-4-16-13/h3-7H,1-2H3,(H,16,17). The number of hydrogen-bond donors (Lipinski definition) is 1. The Labute approximate surface area is 118 Å². The van der Waals surface area contributed by atoms with E-state index in [1.807, 2.05) is 19.1 Å². The lowest BCUT2D eigenvalue weighted by atomic mass is 10.2. The lowest BCUT2D eigenvalue weighted by Crippen LogP contribution is -1.96. The van der Waals surface area contributed by atoms with Crippen molar-refractivity contribution in [3.8, 4) is 0 Å². The fourth-order valence-electron chi connectivity index (χ4n) is 1.57. The van der Waals surface area contributed by atoms with Crippen LogP contribution in [0.2, 0.25) is 0 Å². The molecule has 1 aromatic carbocycles. The maximum Gasteiger partial charge on any atom is 0.144 e. The first-order valence-corrected chi connectivity index (χ1v) is 6.80. The summed E-state index contributed by atoms with van der Waals surface area (Å²) in [5.41, 5.74) is 3.38. The summed E-state index contributed by atoms with van der Waals surface area (Å²) in [5.74, 6) is 0.836. The number of nitrogens with one attached hydrogen (secondary N) is 1. The fourth-order valence-corrected chi connectivity index (χ4v) is 2.51. The highest BCUT2D eigenvalue weighted by Crippen LogP contribution is 2.28. The van der Waals surface area contributed by atoms with Gasteiger partial charge in [0.15, 0.2) is 0 Å². The van der Waals surface area contributed by atoms with E-state index in [1.165, 1.54) is 5.56 Å². The predicted molar refractivity (Wildman–Crippen MR) is 78.8 cm³/mol. The van der Waals surface area contributed by atoms with Crippen molar-refractivity contribution in [2.75, 3.05) is 5.32 Å². The minimum atomic E-state index is 0.836. The van der Waals surface area contributed by atoms with E-state index in [0.717, 1.165) is 26.0 Å². The van der Waals surface area contributed by atoms with Crippen LogP contribution >= 0.6 is 31.9 Å². The van der Waals surface area contributed by atoms with Gasteiger partial charge in [0.25, 0.3) is 0 Å². The van der Waals surface area contributed by atoms with Crippen LogP contribution < -0.4 is 5.32 Å². The maximum absolute atomic E-state index is 4.32. The van der Waals surface area contributed by atoms with Crippen LogP contribution in [0.15, 0.2) is 39.4 Å². The Hall–Kier alpha value is -0.870. The molecular formula is C13H12Br2N2. The predicted octanol–water partition coefficient (Wildman–Crippen LogP) is 4.97. The summed E-state index contributed by atoms with van der Waals surface area (Å²) >= 11 is 7.03. The highest BCUT2D eigenvalue weighted by atomic mass is 79.9. The first-order valence-electron chi connectivity index (χ1n) is 5.21. The van der Waals surface area contributed by atoms with E-state index in [9.17, 15) is 0 Å². The third-order valence-electron chi connectivity index (χ3n) is 2.39. The van der Waals surface area contributed by atoms with Crippen molar-refractivity contribution in [2.24, 2.45) is 0 Å². The number of halogens is 2. The van der Waals surface area contributed by atoms with Crippen LogP contribution in [0, 0.1) is 13.8 Å². The minimum Gasteiger partial charge on any atom is -0.339 e. The molecule has 0 aliphatic heterocycles. The first kappa shape index (κ1) is 12.6. The van der Waals surface area contributed by atoms with Gasteiger partial charge in [-0.15, -0.1) is 0 Å². The highest BCUT2D eigenvalue weighted by molar-refractivity contribution is 9.11. The zero-order chi connectivity index (χ0) is 12.4. The molecule has 0 aliphatic rings. The summed E-state index contributed by atoms with van der Waals surface area (Å²) in [7, 11) is 0. The Morgan fingerprint density at radius 2 is 1.88 bits per heavy atom. The largest absolute Gasteiger partial charge is 0.339 e. The van der Waals surface area contributed by atoms with Gasteiger partial charge < -0.3 is 5.32 Å². The number of aryl methyl sites for hydroxylation is 2. The van der Waals surface area contributed by atoms with Gasteiger partial charge in [-0.05, 0) is 65.2 Å². The van der Waals surface area contributed by atoms with E-state index < -0.39 is 0 Å². The van der Waals surface area contributed by atoms with Gasteiger partial charge in [0, 0.05) is 16.4 Å². The molecule has 0 spiro atoms. The summed E-state index contributed by atoms with van der Waals surface area (Å²) in [4.78, 5) is 4.32. The van der Waals surface area contributed by atoms with Gasteiger partial charge in [-0.1, -0.05) is 15.9 Å². The number of anilines is 2. The van der Waals surface area contributed by atoms with Gasteiger partial charge in [0.1, 0.15) is 5.82 Å². The summed E-state index contributed by atoms with van der Waals surface area (Å²) in [5, 5.41) is 3.31. The van der Waals surface area contributed by atoms with Crippen LogP contribution in [-0.2, 0) is 0 Å². The van der Waals surface area contributed by atoms with Crippen LogP contribution in [-0.4, -0.2) is 4.98 Å². The monoisotopic (exact) mass is 354 g/mol. The van der Waals surface area contributed by atoms with E-state index in [2.05, 4.69) is 61.2 Å². The van der Waals surface area contributed by atoms with E-state index in [1.54, 1.807) is 6.20 Å². The lowest BCUT2D eigenvalue weighted by molar-refractivity contribution is 1.25. The Morgan fingerprint density at radius 3 is 2.59 bits per heavy atom. The molecule has 1 N–H and O–H groups in total. The second-order valence-corrected chi connectivity index (χ2v) is 5.64. The first-order chi connectivity index (χ1) is 8.06. The van der Waals surface area contributed by atoms with Crippen LogP contribution in [0.4, 0.5) is 11.5 Å². The Morgan fingerprint density at radius 1 is 1.12 bits per heavy atom. The summed E-state index contributed by atoms with van der Waals surface area (Å²) in [6, 6.07) is 8.16. The molecule has 4 heteroatoms. The topological polar surface area (TPSA) is 24.9 Å². The molecule has 1 aromatic heterocycles. The van der Waals surface area contributed by atoms with Crippen molar-refractivity contribution in [3.63, 3.8) is 0 Å². The number of nitrogens with zero attached hydrogens (tertiary/aromatic N) is 1. The number of aromatic nitrogens is 1. The zero-order valence-electron chi connectivity index (χ0n) is 9.59. The normalized spacial score (nSPS) is 10.4. The number of pyridine rings is 1. The molecule has 0 fully saturated rings. The van der Waals surface area contributed by atoms with Crippen LogP contribution in [0.5, 0.6) is 0 Å². The third kappa shape index (κ3) is 3.07. The molecule has 0 aliphatic carbocycles. The minimum absolute atomic E-state index is 0.836. The average Bonchev–Trinajstić information content (AvgIpc) is 2.23. The summed E-state index contributed by atoms with van der Waals surface area (Å²) < 4.78 is 2.06. The van der Waals surface area contributed by atoms with Crippen LogP contribution in [0.25, 0.3) is 0 Å². The van der Waals surface area contributed by atoms with Crippen molar-refractivity contribution >= 4 is 43.4 Å². The van der Waals surface area contributed by atoms with Gasteiger partial charge in [-0.25, -0.2) is 4.98 Å². The van der Waals surface area contributed by atoms with Crippen molar-refractivity contribution in [1.29, 1.82) is 0 Å². The molecule has 0 saturated heterocycles. The molecule has 0 bridgehead atoms. The van der Waals surface area contributed by atoms with E-state index in [4.69, 9.17) is 0 Å². The molecule has 0 amide bonds. The van der Waals surface area contributed by atoms with Gasteiger partial charge in [-0.2, -0.15) is 0 Å². The average molecular weight is 356 g/mol. The Kier molecular flexibility index (Phi) is 3.84. The third-order valence-corrected chi connectivity index (χ3v) is 3.85. The molecule has 2 rings (SSSR count). The van der Waals surface area contributed by atoms with Gasteiger partial charge >= 0.3 is 0 Å². The second-order valence-electron chi connectivity index (χ2n) is 3.93. The molecule has 17 heavy (non-hydrogen) atoms. The second kappa shape index (κ2) is 5.19. The molecule has 88 valence electrons. The van der Waals surface area contributed by atoms with Crippen LogP contribution in [0.1, 0.15) is 11.1 Å². The Bertz CT molecular complexity index is 533. The van der Waals surface area contributed by atoms with Crippen molar-refractivity contribution in [2.45, 2.75) is 13.8 Å². The SMILES string of the molecule is Cc1cc(Br)cc(Nc2nccc(C)c2Br)c1. The zero-order valence-corrected chi connectivity index (χ0v) is 12.8. The molecule has 2 nitrogen and oxygen atoms in total. The quantitative estimate of drug-likeness (QED) is 0.822. The molecule has 0 unspecified atom stereocenters. The van der Waals surface area contributed by atoms with E-state index in [0.29, 0.717) is 0 Å². The Balaban J connectivity index is 2.34. The fraction of sp³-hybridized carbons (Fsp3) is 0.154. The molecule has 2 aromatic rings. The maximum atomic E-state index is 4.32. The number of benzene rings is 1. The van der Waals surface area contributed by atoms with Gasteiger partial charge in [0.2, 0.25) is 0 Å². The van der Waals surface area contributed by atoms with Gasteiger partial charge in [-0.3, -0.25) is 0 Å². The van der Waals surface area contributed by atoms with Crippen molar-refractivity contribution in [1.82, 2.24) is 4.98 Å².